The third-order valence-electron chi connectivity index (χ3n) is 3.34. The fourth-order valence-corrected chi connectivity index (χ4v) is 2.59. The highest BCUT2D eigenvalue weighted by atomic mass is 35.5. The van der Waals surface area contributed by atoms with E-state index in [-0.39, 0.29) is 0 Å². The van der Waals surface area contributed by atoms with Crippen LogP contribution in [-0.4, -0.2) is 11.3 Å². The highest BCUT2D eigenvalue weighted by Gasteiger charge is 2.18. The molecule has 2 N–H and O–H groups in total. The van der Waals surface area contributed by atoms with E-state index in [0.717, 1.165) is 24.2 Å². The van der Waals surface area contributed by atoms with E-state index >= 15 is 0 Å². The first kappa shape index (κ1) is 12.4. The number of benzene rings is 1. The lowest BCUT2D eigenvalue weighted by Gasteiger charge is -2.14. The van der Waals surface area contributed by atoms with Crippen molar-refractivity contribution in [2.75, 3.05) is 5.73 Å². The Morgan fingerprint density at radius 2 is 2.05 bits per heavy atom. The summed E-state index contributed by atoms with van der Waals surface area (Å²) in [5.74, 6) is 1.69. The van der Waals surface area contributed by atoms with Gasteiger partial charge in [-0.15, -0.1) is 0 Å². The molecule has 19 heavy (non-hydrogen) atoms. The van der Waals surface area contributed by atoms with Gasteiger partial charge in [0.2, 0.25) is 0 Å². The van der Waals surface area contributed by atoms with E-state index in [2.05, 4.69) is 5.16 Å². The number of hydrogen-bond donors (Lipinski definition) is 1. The lowest BCUT2D eigenvalue weighted by molar-refractivity contribution is 0.210. The Morgan fingerprint density at radius 3 is 2.68 bits per heavy atom. The smallest absolute Gasteiger partial charge is 0.169 e. The van der Waals surface area contributed by atoms with E-state index in [0.29, 0.717) is 22.7 Å². The molecule has 1 aromatic carbocycles. The molecule has 5 heteroatoms. The maximum atomic E-state index is 6.25. The summed E-state index contributed by atoms with van der Waals surface area (Å²) in [5.41, 5.74) is 6.37. The molecule has 0 spiro atoms. The Hall–Kier alpha value is -1.68. The SMILES string of the molecule is Nc1cc(-c2ccc(OC3CCCC3)c(Cl)c2)on1. The summed E-state index contributed by atoms with van der Waals surface area (Å²) in [6.45, 7) is 0. The molecule has 0 bridgehead atoms. The largest absolute Gasteiger partial charge is 0.489 e. The van der Waals surface area contributed by atoms with E-state index in [1.54, 1.807) is 6.07 Å². The van der Waals surface area contributed by atoms with Gasteiger partial charge < -0.3 is 15.0 Å². The van der Waals surface area contributed by atoms with Crippen molar-refractivity contribution in [2.45, 2.75) is 31.8 Å². The Bertz CT molecular complexity index is 577. The molecule has 100 valence electrons. The Balaban J connectivity index is 1.81. The van der Waals surface area contributed by atoms with Crippen LogP contribution in [0.15, 0.2) is 28.8 Å². The van der Waals surface area contributed by atoms with Crippen LogP contribution in [0, 0.1) is 0 Å². The van der Waals surface area contributed by atoms with Crippen LogP contribution >= 0.6 is 11.6 Å². The molecule has 1 aliphatic rings. The molecular formula is C14H15ClN2O2. The molecule has 0 amide bonds. The van der Waals surface area contributed by atoms with E-state index in [1.807, 2.05) is 18.2 Å². The molecule has 4 nitrogen and oxygen atoms in total. The van der Waals surface area contributed by atoms with E-state index in [4.69, 9.17) is 26.6 Å². The van der Waals surface area contributed by atoms with Crippen LogP contribution < -0.4 is 10.5 Å². The van der Waals surface area contributed by atoms with Crippen molar-refractivity contribution in [1.29, 1.82) is 0 Å². The van der Waals surface area contributed by atoms with Gasteiger partial charge in [0.1, 0.15) is 5.75 Å². The van der Waals surface area contributed by atoms with Gasteiger partial charge in [-0.2, -0.15) is 0 Å². The van der Waals surface area contributed by atoms with Gasteiger partial charge in [0.15, 0.2) is 11.6 Å². The van der Waals surface area contributed by atoms with E-state index in [9.17, 15) is 0 Å². The van der Waals surface area contributed by atoms with Crippen molar-refractivity contribution >= 4 is 17.4 Å². The van der Waals surface area contributed by atoms with Gasteiger partial charge in [-0.3, -0.25) is 0 Å². The predicted molar refractivity (Wildman–Crippen MR) is 74.2 cm³/mol. The molecule has 1 aromatic heterocycles. The van der Waals surface area contributed by atoms with E-state index < -0.39 is 0 Å². The Labute approximate surface area is 116 Å². The van der Waals surface area contributed by atoms with Crippen LogP contribution in [0.5, 0.6) is 5.75 Å². The predicted octanol–water partition coefficient (Wildman–Crippen LogP) is 3.90. The van der Waals surface area contributed by atoms with Crippen molar-refractivity contribution in [1.82, 2.24) is 5.16 Å². The van der Waals surface area contributed by atoms with Gasteiger partial charge in [0, 0.05) is 11.6 Å². The minimum atomic E-state index is 0.296. The zero-order valence-corrected chi connectivity index (χ0v) is 11.2. The number of nitrogens with zero attached hydrogens (tertiary/aromatic N) is 1. The highest BCUT2D eigenvalue weighted by molar-refractivity contribution is 6.32. The minimum absolute atomic E-state index is 0.296. The normalized spacial score (nSPS) is 15.8. The molecular weight excluding hydrogens is 264 g/mol. The molecule has 0 aliphatic heterocycles. The van der Waals surface area contributed by atoms with Gasteiger partial charge >= 0.3 is 0 Å². The maximum Gasteiger partial charge on any atom is 0.169 e. The Kier molecular flexibility index (Phi) is 3.34. The summed E-state index contributed by atoms with van der Waals surface area (Å²) < 4.78 is 11.0. The number of hydrogen-bond acceptors (Lipinski definition) is 4. The second-order valence-electron chi connectivity index (χ2n) is 4.79. The highest BCUT2D eigenvalue weighted by Crippen LogP contribution is 2.33. The molecule has 1 fully saturated rings. The summed E-state index contributed by atoms with van der Waals surface area (Å²) in [7, 11) is 0. The number of rotatable bonds is 3. The third-order valence-corrected chi connectivity index (χ3v) is 3.64. The number of aromatic nitrogens is 1. The summed E-state index contributed by atoms with van der Waals surface area (Å²) in [6.07, 6.45) is 4.98. The zero-order valence-electron chi connectivity index (χ0n) is 10.4. The third kappa shape index (κ3) is 2.68. The van der Waals surface area contributed by atoms with Crippen LogP contribution in [0.1, 0.15) is 25.7 Å². The van der Waals surface area contributed by atoms with Gasteiger partial charge in [-0.1, -0.05) is 16.8 Å². The lowest BCUT2D eigenvalue weighted by atomic mass is 10.1. The topological polar surface area (TPSA) is 61.3 Å². The van der Waals surface area contributed by atoms with Crippen molar-refractivity contribution in [3.63, 3.8) is 0 Å². The molecule has 0 saturated heterocycles. The van der Waals surface area contributed by atoms with Crippen LogP contribution in [0.3, 0.4) is 0 Å². The summed E-state index contributed by atoms with van der Waals surface area (Å²) in [4.78, 5) is 0. The van der Waals surface area contributed by atoms with Crippen molar-refractivity contribution in [3.05, 3.63) is 29.3 Å². The van der Waals surface area contributed by atoms with Crippen LogP contribution in [0.2, 0.25) is 5.02 Å². The fourth-order valence-electron chi connectivity index (χ4n) is 2.36. The summed E-state index contributed by atoms with van der Waals surface area (Å²) in [5, 5.41) is 4.24. The van der Waals surface area contributed by atoms with E-state index in [1.165, 1.54) is 12.8 Å². The number of nitrogens with two attached hydrogens (primary N) is 1. The molecule has 0 atom stereocenters. The monoisotopic (exact) mass is 278 g/mol. The van der Waals surface area contributed by atoms with Crippen molar-refractivity contribution in [2.24, 2.45) is 0 Å². The van der Waals surface area contributed by atoms with Gasteiger partial charge in [-0.25, -0.2) is 0 Å². The number of halogens is 1. The molecule has 1 aliphatic carbocycles. The first-order valence-electron chi connectivity index (χ1n) is 6.41. The summed E-state index contributed by atoms with van der Waals surface area (Å²) in [6, 6.07) is 7.25. The average Bonchev–Trinajstić information content (AvgIpc) is 3.03. The van der Waals surface area contributed by atoms with Gasteiger partial charge in [0.25, 0.3) is 0 Å². The van der Waals surface area contributed by atoms with Gasteiger partial charge in [0.05, 0.1) is 11.1 Å². The second kappa shape index (κ2) is 5.13. The first-order valence-corrected chi connectivity index (χ1v) is 6.79. The molecule has 2 aromatic rings. The quantitative estimate of drug-likeness (QED) is 0.925. The lowest BCUT2D eigenvalue weighted by Crippen LogP contribution is -2.10. The molecule has 0 radical (unpaired) electrons. The molecule has 1 saturated carbocycles. The summed E-state index contributed by atoms with van der Waals surface area (Å²) >= 11 is 6.25. The standard InChI is InChI=1S/C14H15ClN2O2/c15-11-7-9(13-8-14(16)17-19-13)5-6-12(11)18-10-3-1-2-4-10/h5-8,10H,1-4H2,(H2,16,17). The molecule has 1 heterocycles. The van der Waals surface area contributed by atoms with Crippen LogP contribution in [0.25, 0.3) is 11.3 Å². The zero-order chi connectivity index (χ0) is 13.2. The Morgan fingerprint density at radius 1 is 1.26 bits per heavy atom. The first-order chi connectivity index (χ1) is 9.22. The minimum Gasteiger partial charge on any atom is -0.489 e. The van der Waals surface area contributed by atoms with Crippen molar-refractivity contribution in [3.8, 4) is 17.1 Å². The van der Waals surface area contributed by atoms with Crippen molar-refractivity contribution < 1.29 is 9.26 Å². The average molecular weight is 279 g/mol. The number of ether oxygens (including phenoxy) is 1. The van der Waals surface area contributed by atoms with Gasteiger partial charge in [-0.05, 0) is 43.9 Å². The number of nitrogen functional groups attached to an aromatic ring is 1. The maximum absolute atomic E-state index is 6.25. The second-order valence-corrected chi connectivity index (χ2v) is 5.19. The fraction of sp³-hybridized carbons (Fsp3) is 0.357. The molecule has 3 rings (SSSR count). The van der Waals surface area contributed by atoms with Crippen LogP contribution in [0.4, 0.5) is 5.82 Å². The molecule has 0 unspecified atom stereocenters. The number of anilines is 1. The van der Waals surface area contributed by atoms with Crippen LogP contribution in [-0.2, 0) is 0 Å².